The zero-order chi connectivity index (χ0) is 16.5. The van der Waals surface area contributed by atoms with Crippen molar-refractivity contribution in [2.24, 2.45) is 0 Å². The summed E-state index contributed by atoms with van der Waals surface area (Å²) in [6.07, 6.45) is 5.53. The second-order valence-corrected chi connectivity index (χ2v) is 5.69. The predicted octanol–water partition coefficient (Wildman–Crippen LogP) is 4.73. The quantitative estimate of drug-likeness (QED) is 0.450. The zero-order valence-electron chi connectivity index (χ0n) is 14.3. The van der Waals surface area contributed by atoms with Crippen LogP contribution < -0.4 is 12.3 Å². The molecular formula is C21H20N2O3. The summed E-state index contributed by atoms with van der Waals surface area (Å²) in [6, 6.07) is 19.6. The highest BCUT2D eigenvalue weighted by molar-refractivity contribution is 6.14. The lowest BCUT2D eigenvalue weighted by molar-refractivity contribution is 0.0444. The van der Waals surface area contributed by atoms with Gasteiger partial charge in [-0.3, -0.25) is 0 Å². The maximum atomic E-state index is 10.8. The van der Waals surface area contributed by atoms with Crippen molar-refractivity contribution in [3.05, 3.63) is 89.0 Å². The van der Waals surface area contributed by atoms with Crippen molar-refractivity contribution in [2.45, 2.75) is 6.42 Å². The van der Waals surface area contributed by atoms with Gasteiger partial charge in [-0.2, -0.15) is 0 Å². The third kappa shape index (κ3) is 3.26. The molecule has 5 nitrogen and oxygen atoms in total. The van der Waals surface area contributed by atoms with Crippen molar-refractivity contribution in [3.8, 4) is 0 Å². The van der Waals surface area contributed by atoms with Gasteiger partial charge in [-0.05, 0) is 40.5 Å². The van der Waals surface area contributed by atoms with Crippen molar-refractivity contribution in [2.75, 3.05) is 0 Å². The van der Waals surface area contributed by atoms with Crippen molar-refractivity contribution < 1.29 is 14.3 Å². The fourth-order valence-corrected chi connectivity index (χ4v) is 3.10. The van der Waals surface area contributed by atoms with Gasteiger partial charge in [-0.1, -0.05) is 60.7 Å². The summed E-state index contributed by atoms with van der Waals surface area (Å²) in [5, 5.41) is 2.80. The maximum Gasteiger partial charge on any atom is 0.346 e. The van der Waals surface area contributed by atoms with Crippen LogP contribution in [0, 0.1) is 0 Å². The third-order valence-corrected chi connectivity index (χ3v) is 4.21. The average Bonchev–Trinajstić information content (AvgIpc) is 2.91. The average molecular weight is 348 g/mol. The highest BCUT2D eigenvalue weighted by Crippen LogP contribution is 2.27. The van der Waals surface area contributed by atoms with Crippen LogP contribution in [0.15, 0.2) is 66.7 Å². The molecule has 5 heteroatoms. The highest BCUT2D eigenvalue weighted by atomic mass is 16.6. The molecule has 6 N–H and O–H groups in total. The SMILES string of the molecule is C1=Cc2cccc3cccc(c23)C1.N.N.O=C1OC(=O)c2ccccc21. The first kappa shape index (κ1) is 19.1. The molecule has 2 aliphatic rings. The summed E-state index contributed by atoms with van der Waals surface area (Å²) >= 11 is 0. The molecule has 0 amide bonds. The van der Waals surface area contributed by atoms with Gasteiger partial charge in [0.1, 0.15) is 0 Å². The minimum absolute atomic E-state index is 0. The Bertz CT molecular complexity index is 971. The molecule has 0 fully saturated rings. The third-order valence-electron chi connectivity index (χ3n) is 4.21. The van der Waals surface area contributed by atoms with Crippen LogP contribution in [0.3, 0.4) is 0 Å². The number of cyclic esters (lactones) is 2. The Hall–Kier alpha value is -3.28. The van der Waals surface area contributed by atoms with Crippen molar-refractivity contribution in [1.82, 2.24) is 12.3 Å². The van der Waals surface area contributed by atoms with E-state index in [1.54, 1.807) is 24.3 Å². The lowest BCUT2D eigenvalue weighted by Gasteiger charge is -2.11. The van der Waals surface area contributed by atoms with E-state index in [1.165, 1.54) is 21.9 Å². The minimum atomic E-state index is -0.550. The molecule has 5 rings (SSSR count). The van der Waals surface area contributed by atoms with Gasteiger partial charge < -0.3 is 17.0 Å². The summed E-state index contributed by atoms with van der Waals surface area (Å²) in [7, 11) is 0. The minimum Gasteiger partial charge on any atom is -0.386 e. The Morgan fingerprint density at radius 2 is 1.35 bits per heavy atom. The number of rotatable bonds is 0. The van der Waals surface area contributed by atoms with Crippen LogP contribution >= 0.6 is 0 Å². The molecule has 3 aromatic carbocycles. The fourth-order valence-electron chi connectivity index (χ4n) is 3.10. The molecule has 1 aliphatic heterocycles. The lowest BCUT2D eigenvalue weighted by Crippen LogP contribution is -1.96. The van der Waals surface area contributed by atoms with E-state index in [0.29, 0.717) is 11.1 Å². The summed E-state index contributed by atoms with van der Waals surface area (Å²) < 4.78 is 4.35. The Balaban J connectivity index is 0.000000176. The number of benzene rings is 3. The monoisotopic (exact) mass is 348 g/mol. The summed E-state index contributed by atoms with van der Waals surface area (Å²) in [5.41, 5.74) is 3.53. The molecule has 26 heavy (non-hydrogen) atoms. The Morgan fingerprint density at radius 1 is 0.731 bits per heavy atom. The molecule has 0 atom stereocenters. The number of hydrogen-bond donors (Lipinski definition) is 2. The smallest absolute Gasteiger partial charge is 0.346 e. The van der Waals surface area contributed by atoms with Crippen LogP contribution in [-0.4, -0.2) is 11.9 Å². The molecule has 0 spiro atoms. The summed E-state index contributed by atoms with van der Waals surface area (Å²) in [4.78, 5) is 21.7. The van der Waals surface area contributed by atoms with E-state index in [4.69, 9.17) is 0 Å². The Labute approximate surface area is 151 Å². The number of hydrogen-bond acceptors (Lipinski definition) is 5. The molecule has 0 radical (unpaired) electrons. The largest absolute Gasteiger partial charge is 0.386 e. The van der Waals surface area contributed by atoms with E-state index in [1.807, 2.05) is 0 Å². The van der Waals surface area contributed by atoms with E-state index < -0.39 is 11.9 Å². The molecule has 132 valence electrons. The Morgan fingerprint density at radius 3 is 2.00 bits per heavy atom. The van der Waals surface area contributed by atoms with Gasteiger partial charge in [0.15, 0.2) is 0 Å². The van der Waals surface area contributed by atoms with Gasteiger partial charge in [-0.15, -0.1) is 0 Å². The van der Waals surface area contributed by atoms with Gasteiger partial charge in [0.05, 0.1) is 11.1 Å². The Kier molecular flexibility index (Phi) is 5.67. The van der Waals surface area contributed by atoms with E-state index in [9.17, 15) is 9.59 Å². The summed E-state index contributed by atoms with van der Waals surface area (Å²) in [5.74, 6) is -1.10. The highest BCUT2D eigenvalue weighted by Gasteiger charge is 2.28. The number of fused-ring (bicyclic) bond motifs is 1. The number of esters is 2. The van der Waals surface area contributed by atoms with Crippen molar-refractivity contribution >= 4 is 28.8 Å². The fraction of sp³-hybridized carbons (Fsp3) is 0.0476. The second kappa shape index (κ2) is 7.74. The number of allylic oxidation sites excluding steroid dienone is 1. The van der Waals surface area contributed by atoms with Crippen LogP contribution in [0.5, 0.6) is 0 Å². The van der Waals surface area contributed by atoms with Crippen LogP contribution in [0.4, 0.5) is 0 Å². The molecule has 3 aromatic rings. The van der Waals surface area contributed by atoms with Crippen LogP contribution in [0.1, 0.15) is 31.8 Å². The summed E-state index contributed by atoms with van der Waals surface area (Å²) in [6.45, 7) is 0. The van der Waals surface area contributed by atoms with Crippen molar-refractivity contribution in [3.63, 3.8) is 0 Å². The molecule has 1 aliphatic carbocycles. The van der Waals surface area contributed by atoms with Gasteiger partial charge >= 0.3 is 11.9 Å². The van der Waals surface area contributed by atoms with Gasteiger partial charge in [0, 0.05) is 0 Å². The van der Waals surface area contributed by atoms with E-state index in [0.717, 1.165) is 6.42 Å². The number of carbonyl (C=O) groups excluding carboxylic acids is 2. The van der Waals surface area contributed by atoms with Crippen LogP contribution in [-0.2, 0) is 11.2 Å². The van der Waals surface area contributed by atoms with Crippen LogP contribution in [0.25, 0.3) is 16.8 Å². The van der Waals surface area contributed by atoms with Gasteiger partial charge in [-0.25, -0.2) is 9.59 Å². The second-order valence-electron chi connectivity index (χ2n) is 5.69. The molecule has 0 saturated heterocycles. The van der Waals surface area contributed by atoms with Gasteiger partial charge in [0.25, 0.3) is 0 Å². The molecular weight excluding hydrogens is 328 g/mol. The molecule has 0 saturated carbocycles. The zero-order valence-corrected chi connectivity index (χ0v) is 14.3. The normalized spacial score (nSPS) is 12.9. The molecule has 0 unspecified atom stereocenters. The van der Waals surface area contributed by atoms with Crippen LogP contribution in [0.2, 0.25) is 0 Å². The lowest BCUT2D eigenvalue weighted by atomic mass is 9.93. The predicted molar refractivity (Wildman–Crippen MR) is 103 cm³/mol. The van der Waals surface area contributed by atoms with E-state index in [2.05, 4.69) is 53.3 Å². The number of ether oxygens (including phenoxy) is 1. The first-order chi connectivity index (χ1) is 11.7. The first-order valence-electron chi connectivity index (χ1n) is 7.77. The van der Waals surface area contributed by atoms with Gasteiger partial charge in [0.2, 0.25) is 0 Å². The first-order valence-corrected chi connectivity index (χ1v) is 7.77. The standard InChI is InChI=1S/C13H10.C8H4O3.2H3N/c1-4-10-6-2-8-12-9-3-7-11(5-1)13(10)12;9-7-5-3-1-2-4-6(5)8(10)11-7;;/h1-8H,9H2;1-4H;2*1H3. The molecule has 0 aromatic heterocycles. The number of carbonyl (C=O) groups is 2. The van der Waals surface area contributed by atoms with E-state index in [-0.39, 0.29) is 12.3 Å². The van der Waals surface area contributed by atoms with Crippen molar-refractivity contribution in [1.29, 1.82) is 0 Å². The molecule has 0 bridgehead atoms. The van der Waals surface area contributed by atoms with E-state index >= 15 is 0 Å². The molecule has 1 heterocycles. The topological polar surface area (TPSA) is 113 Å². The maximum absolute atomic E-state index is 10.8.